The second-order valence-electron chi connectivity index (χ2n) is 5.42. The van der Waals surface area contributed by atoms with Crippen molar-refractivity contribution in [1.82, 2.24) is 20.0 Å². The van der Waals surface area contributed by atoms with Crippen LogP contribution >= 0.6 is 12.2 Å². The average Bonchev–Trinajstić information content (AvgIpc) is 2.84. The van der Waals surface area contributed by atoms with Crippen LogP contribution in [-0.2, 0) is 0 Å². The Morgan fingerprint density at radius 2 is 2.00 bits per heavy atom. The van der Waals surface area contributed by atoms with Gasteiger partial charge in [-0.05, 0) is 6.42 Å². The highest BCUT2D eigenvalue weighted by atomic mass is 32.1. The minimum Gasteiger partial charge on any atom is -0.392 e. The van der Waals surface area contributed by atoms with Gasteiger partial charge in [-0.25, -0.2) is 4.79 Å². The largest absolute Gasteiger partial charge is 0.392 e. The number of nitrogens with zero attached hydrogens (tertiary/aromatic N) is 3. The van der Waals surface area contributed by atoms with Gasteiger partial charge < -0.3 is 16.0 Å². The van der Waals surface area contributed by atoms with Gasteiger partial charge in [-0.2, -0.15) is 0 Å². The van der Waals surface area contributed by atoms with Gasteiger partial charge in [-0.1, -0.05) is 19.1 Å². The normalized spacial score (nSPS) is 22.9. The van der Waals surface area contributed by atoms with E-state index < -0.39 is 0 Å². The molecular weight excluding hydrogens is 274 g/mol. The monoisotopic (exact) mass is 299 g/mol. The number of nitrogens with two attached hydrogens (primary N) is 1. The second-order valence-corrected chi connectivity index (χ2v) is 5.89. The van der Waals surface area contributed by atoms with E-state index >= 15 is 0 Å². The number of carbonyl (C=O) groups is 1. The summed E-state index contributed by atoms with van der Waals surface area (Å²) in [5, 5.41) is 2.83. The second kappa shape index (κ2) is 7.19. The molecule has 2 amide bonds. The van der Waals surface area contributed by atoms with Crippen molar-refractivity contribution in [3.8, 4) is 0 Å². The summed E-state index contributed by atoms with van der Waals surface area (Å²) in [6.07, 6.45) is 0.975. The Bertz CT molecular complexity index is 357. The standard InChI is InChI=1S/C13H25N5OS/c1-2-11(12(14)20)17-8-5-16(6-9-17)7-10-18-4-3-15-13(18)19/h11H,2-10H2,1H3,(H2,14,20)(H,15,19). The molecule has 2 heterocycles. The average molecular weight is 299 g/mol. The van der Waals surface area contributed by atoms with Crippen molar-refractivity contribution >= 4 is 23.2 Å². The fraction of sp³-hybridized carbons (Fsp3) is 0.846. The molecule has 0 bridgehead atoms. The maximum absolute atomic E-state index is 11.5. The van der Waals surface area contributed by atoms with Crippen LogP contribution in [0.25, 0.3) is 0 Å². The van der Waals surface area contributed by atoms with Gasteiger partial charge in [0.2, 0.25) is 0 Å². The Kier molecular flexibility index (Phi) is 5.56. The molecule has 0 aromatic heterocycles. The Morgan fingerprint density at radius 3 is 2.50 bits per heavy atom. The lowest BCUT2D eigenvalue weighted by Crippen LogP contribution is -2.54. The number of hydrogen-bond donors (Lipinski definition) is 2. The topological polar surface area (TPSA) is 64.8 Å². The highest BCUT2D eigenvalue weighted by Crippen LogP contribution is 2.10. The smallest absolute Gasteiger partial charge is 0.317 e. The van der Waals surface area contributed by atoms with E-state index in [1.165, 1.54) is 0 Å². The third kappa shape index (κ3) is 3.80. The summed E-state index contributed by atoms with van der Waals surface area (Å²) in [7, 11) is 0. The molecule has 2 fully saturated rings. The molecule has 0 aromatic carbocycles. The van der Waals surface area contributed by atoms with Crippen molar-refractivity contribution in [2.45, 2.75) is 19.4 Å². The Hall–Kier alpha value is -0.920. The van der Waals surface area contributed by atoms with Gasteiger partial charge >= 0.3 is 6.03 Å². The first-order valence-corrected chi connectivity index (χ1v) is 7.81. The van der Waals surface area contributed by atoms with Crippen LogP contribution in [0.2, 0.25) is 0 Å². The molecule has 6 nitrogen and oxygen atoms in total. The lowest BCUT2D eigenvalue weighted by Gasteiger charge is -2.39. The lowest BCUT2D eigenvalue weighted by atomic mass is 10.1. The quantitative estimate of drug-likeness (QED) is 0.659. The summed E-state index contributed by atoms with van der Waals surface area (Å²) in [4.78, 5) is 18.7. The number of hydrogen-bond acceptors (Lipinski definition) is 4. The van der Waals surface area contributed by atoms with E-state index in [0.29, 0.717) is 4.99 Å². The van der Waals surface area contributed by atoms with E-state index in [0.717, 1.165) is 58.8 Å². The molecule has 7 heteroatoms. The Balaban J connectivity index is 1.71. The number of piperazine rings is 1. The van der Waals surface area contributed by atoms with E-state index in [1.54, 1.807) is 0 Å². The molecule has 3 N–H and O–H groups in total. The van der Waals surface area contributed by atoms with Gasteiger partial charge in [0.25, 0.3) is 0 Å². The molecule has 2 saturated heterocycles. The molecular formula is C13H25N5OS. The molecule has 0 radical (unpaired) electrons. The summed E-state index contributed by atoms with van der Waals surface area (Å²) < 4.78 is 0. The zero-order chi connectivity index (χ0) is 14.5. The molecule has 0 saturated carbocycles. The highest BCUT2D eigenvalue weighted by molar-refractivity contribution is 7.80. The van der Waals surface area contributed by atoms with Crippen LogP contribution in [0.5, 0.6) is 0 Å². The molecule has 2 aliphatic rings. The summed E-state index contributed by atoms with van der Waals surface area (Å²) in [6, 6.07) is 0.305. The fourth-order valence-corrected chi connectivity index (χ4v) is 3.24. The van der Waals surface area contributed by atoms with Gasteiger partial charge in [0.05, 0.1) is 11.0 Å². The number of rotatable bonds is 6. The Labute approximate surface area is 126 Å². The number of amides is 2. The zero-order valence-electron chi connectivity index (χ0n) is 12.2. The summed E-state index contributed by atoms with van der Waals surface area (Å²) in [5.41, 5.74) is 5.79. The summed E-state index contributed by atoms with van der Waals surface area (Å²) in [5.74, 6) is 0. The van der Waals surface area contributed by atoms with Crippen molar-refractivity contribution in [3.05, 3.63) is 0 Å². The SMILES string of the molecule is CCC(C(N)=S)N1CCN(CCN2CCNC2=O)CC1. The number of thiocarbonyl (C=S) groups is 1. The number of carbonyl (C=O) groups excluding carboxylic acids is 1. The van der Waals surface area contributed by atoms with Crippen molar-refractivity contribution in [3.63, 3.8) is 0 Å². The van der Waals surface area contributed by atoms with Crippen molar-refractivity contribution < 1.29 is 4.79 Å². The van der Waals surface area contributed by atoms with E-state index in [-0.39, 0.29) is 12.1 Å². The van der Waals surface area contributed by atoms with Gasteiger partial charge in [0.15, 0.2) is 0 Å². The zero-order valence-corrected chi connectivity index (χ0v) is 13.0. The van der Waals surface area contributed by atoms with E-state index in [1.807, 2.05) is 4.90 Å². The minimum absolute atomic E-state index is 0.0724. The lowest BCUT2D eigenvalue weighted by molar-refractivity contribution is 0.110. The first kappa shape index (κ1) is 15.5. The maximum atomic E-state index is 11.5. The van der Waals surface area contributed by atoms with Crippen LogP contribution in [0.1, 0.15) is 13.3 Å². The fourth-order valence-electron chi connectivity index (χ4n) is 2.92. The van der Waals surface area contributed by atoms with Crippen LogP contribution in [0, 0.1) is 0 Å². The van der Waals surface area contributed by atoms with Gasteiger partial charge in [0, 0.05) is 52.4 Å². The first-order valence-electron chi connectivity index (χ1n) is 7.40. The molecule has 1 unspecified atom stereocenters. The molecule has 1 atom stereocenters. The number of nitrogens with one attached hydrogen (secondary N) is 1. The Morgan fingerprint density at radius 1 is 1.30 bits per heavy atom. The maximum Gasteiger partial charge on any atom is 0.317 e. The van der Waals surface area contributed by atoms with Gasteiger partial charge in [0.1, 0.15) is 0 Å². The van der Waals surface area contributed by atoms with Crippen molar-refractivity contribution in [2.75, 3.05) is 52.4 Å². The molecule has 0 spiro atoms. The van der Waals surface area contributed by atoms with Crippen LogP contribution in [-0.4, -0.2) is 84.1 Å². The van der Waals surface area contributed by atoms with Crippen molar-refractivity contribution in [1.29, 1.82) is 0 Å². The minimum atomic E-state index is 0.0724. The van der Waals surface area contributed by atoms with Crippen LogP contribution in [0.4, 0.5) is 4.79 Å². The van der Waals surface area contributed by atoms with Gasteiger partial charge in [-0.3, -0.25) is 9.80 Å². The molecule has 0 aliphatic carbocycles. The van der Waals surface area contributed by atoms with E-state index in [2.05, 4.69) is 22.0 Å². The molecule has 114 valence electrons. The third-order valence-electron chi connectivity index (χ3n) is 4.19. The van der Waals surface area contributed by atoms with Crippen LogP contribution in [0.3, 0.4) is 0 Å². The molecule has 0 aromatic rings. The van der Waals surface area contributed by atoms with E-state index in [4.69, 9.17) is 18.0 Å². The van der Waals surface area contributed by atoms with E-state index in [9.17, 15) is 4.79 Å². The van der Waals surface area contributed by atoms with Crippen LogP contribution < -0.4 is 11.1 Å². The molecule has 2 rings (SSSR count). The highest BCUT2D eigenvalue weighted by Gasteiger charge is 2.25. The molecule has 2 aliphatic heterocycles. The summed E-state index contributed by atoms with van der Waals surface area (Å²) in [6.45, 7) is 9.55. The third-order valence-corrected chi connectivity index (χ3v) is 4.47. The summed E-state index contributed by atoms with van der Waals surface area (Å²) >= 11 is 5.13. The van der Waals surface area contributed by atoms with Crippen molar-refractivity contribution in [2.24, 2.45) is 5.73 Å². The van der Waals surface area contributed by atoms with Gasteiger partial charge in [-0.15, -0.1) is 0 Å². The molecule has 20 heavy (non-hydrogen) atoms. The predicted octanol–water partition coefficient (Wildman–Crippen LogP) is -0.306. The van der Waals surface area contributed by atoms with Crippen LogP contribution in [0.15, 0.2) is 0 Å². The number of urea groups is 1. The first-order chi connectivity index (χ1) is 9.61. The predicted molar refractivity (Wildman–Crippen MR) is 83.8 cm³/mol.